The van der Waals surface area contributed by atoms with E-state index in [2.05, 4.69) is 20.5 Å². The minimum Gasteiger partial charge on any atom is -0.480 e. The maximum atomic E-state index is 11.3. The van der Waals surface area contributed by atoms with Crippen molar-refractivity contribution < 1.29 is 19.8 Å². The molecular formula is C7H10N4O4. The van der Waals surface area contributed by atoms with Gasteiger partial charge in [0.1, 0.15) is 12.4 Å². The Morgan fingerprint density at radius 2 is 2.33 bits per heavy atom. The summed E-state index contributed by atoms with van der Waals surface area (Å²) in [7, 11) is 0. The Morgan fingerprint density at radius 3 is 2.80 bits per heavy atom. The molecule has 8 heteroatoms. The van der Waals surface area contributed by atoms with Crippen LogP contribution in [0.4, 0.5) is 0 Å². The van der Waals surface area contributed by atoms with E-state index in [-0.39, 0.29) is 18.9 Å². The van der Waals surface area contributed by atoms with Crippen LogP contribution in [0.2, 0.25) is 0 Å². The molecule has 0 aliphatic heterocycles. The number of hydrogen-bond donors (Lipinski definition) is 4. The number of carboxylic acids is 1. The fraction of sp³-hybridized carbons (Fsp3) is 0.429. The van der Waals surface area contributed by atoms with Gasteiger partial charge in [-0.1, -0.05) is 0 Å². The summed E-state index contributed by atoms with van der Waals surface area (Å²) in [5.74, 6) is -1.95. The van der Waals surface area contributed by atoms with Crippen LogP contribution in [-0.2, 0) is 4.79 Å². The van der Waals surface area contributed by atoms with E-state index in [0.29, 0.717) is 0 Å². The quantitative estimate of drug-likeness (QED) is 0.466. The maximum absolute atomic E-state index is 11.3. The lowest BCUT2D eigenvalue weighted by Gasteiger charge is -2.11. The molecule has 1 aromatic heterocycles. The molecule has 1 atom stereocenters. The number of aliphatic hydroxyl groups is 1. The number of hydrogen-bond acceptors (Lipinski definition) is 5. The number of aliphatic hydroxyl groups excluding tert-OH is 1. The molecule has 0 aromatic carbocycles. The van der Waals surface area contributed by atoms with Gasteiger partial charge in [-0.3, -0.25) is 9.89 Å². The van der Waals surface area contributed by atoms with E-state index in [1.165, 1.54) is 0 Å². The second-order valence-electron chi connectivity index (χ2n) is 2.71. The lowest BCUT2D eigenvalue weighted by Crippen LogP contribution is -2.41. The van der Waals surface area contributed by atoms with Gasteiger partial charge < -0.3 is 15.5 Å². The predicted octanol–water partition coefficient (Wildman–Crippen LogP) is -1.63. The van der Waals surface area contributed by atoms with Gasteiger partial charge in [0.2, 0.25) is 5.82 Å². The van der Waals surface area contributed by atoms with Gasteiger partial charge in [0.05, 0.1) is 0 Å². The van der Waals surface area contributed by atoms with Crippen LogP contribution in [0, 0.1) is 0 Å². The Morgan fingerprint density at radius 1 is 1.60 bits per heavy atom. The molecule has 0 bridgehead atoms. The van der Waals surface area contributed by atoms with Crippen LogP contribution in [0.25, 0.3) is 0 Å². The molecule has 8 nitrogen and oxygen atoms in total. The summed E-state index contributed by atoms with van der Waals surface area (Å²) in [6, 6.07) is -1.13. The Kier molecular flexibility index (Phi) is 3.75. The fourth-order valence-electron chi connectivity index (χ4n) is 0.928. The van der Waals surface area contributed by atoms with Crippen molar-refractivity contribution in [1.82, 2.24) is 20.5 Å². The summed E-state index contributed by atoms with van der Waals surface area (Å²) in [5, 5.41) is 25.2. The molecule has 0 saturated carbocycles. The largest absolute Gasteiger partial charge is 0.480 e. The summed E-state index contributed by atoms with van der Waals surface area (Å²) in [6.07, 6.45) is 1.08. The number of nitrogens with one attached hydrogen (secondary N) is 2. The van der Waals surface area contributed by atoms with Crippen LogP contribution in [0.15, 0.2) is 6.33 Å². The summed E-state index contributed by atoms with van der Waals surface area (Å²) in [4.78, 5) is 25.5. The monoisotopic (exact) mass is 214 g/mol. The molecule has 15 heavy (non-hydrogen) atoms. The summed E-state index contributed by atoms with van der Waals surface area (Å²) < 4.78 is 0. The number of amides is 1. The van der Waals surface area contributed by atoms with Crippen molar-refractivity contribution in [3.05, 3.63) is 12.2 Å². The van der Waals surface area contributed by atoms with E-state index in [1.54, 1.807) is 0 Å². The zero-order chi connectivity index (χ0) is 11.3. The average Bonchev–Trinajstić information content (AvgIpc) is 2.69. The number of aromatic nitrogens is 3. The van der Waals surface area contributed by atoms with Crippen LogP contribution in [0.1, 0.15) is 17.0 Å². The van der Waals surface area contributed by atoms with Gasteiger partial charge in [0.25, 0.3) is 5.91 Å². The molecule has 0 spiro atoms. The number of H-pyrrole nitrogens is 1. The van der Waals surface area contributed by atoms with Crippen molar-refractivity contribution >= 4 is 11.9 Å². The van der Waals surface area contributed by atoms with Crippen LogP contribution in [0.3, 0.4) is 0 Å². The average molecular weight is 214 g/mol. The molecule has 0 radical (unpaired) electrons. The zero-order valence-electron chi connectivity index (χ0n) is 7.67. The fourth-order valence-corrected chi connectivity index (χ4v) is 0.928. The van der Waals surface area contributed by atoms with Crippen LogP contribution < -0.4 is 5.32 Å². The normalized spacial score (nSPS) is 12.1. The smallest absolute Gasteiger partial charge is 0.326 e. The zero-order valence-corrected chi connectivity index (χ0v) is 7.67. The summed E-state index contributed by atoms with van der Waals surface area (Å²) in [5.41, 5.74) is 0. The molecule has 1 rings (SSSR count). The first-order valence-electron chi connectivity index (χ1n) is 4.15. The Bertz CT molecular complexity index is 337. The van der Waals surface area contributed by atoms with Gasteiger partial charge >= 0.3 is 5.97 Å². The van der Waals surface area contributed by atoms with E-state index in [1.807, 2.05) is 0 Å². The third kappa shape index (κ3) is 3.02. The van der Waals surface area contributed by atoms with Crippen LogP contribution >= 0.6 is 0 Å². The molecule has 0 aliphatic carbocycles. The van der Waals surface area contributed by atoms with Gasteiger partial charge in [-0.15, -0.1) is 0 Å². The van der Waals surface area contributed by atoms with Crippen molar-refractivity contribution in [2.45, 2.75) is 12.5 Å². The number of aromatic amines is 1. The van der Waals surface area contributed by atoms with Gasteiger partial charge in [0.15, 0.2) is 0 Å². The van der Waals surface area contributed by atoms with Gasteiger partial charge in [0, 0.05) is 13.0 Å². The predicted molar refractivity (Wildman–Crippen MR) is 47.0 cm³/mol. The summed E-state index contributed by atoms with van der Waals surface area (Å²) in [6.45, 7) is -0.326. The topological polar surface area (TPSA) is 128 Å². The number of carbonyl (C=O) groups excluding carboxylic acids is 1. The molecule has 0 unspecified atom stereocenters. The molecule has 4 N–H and O–H groups in total. The first kappa shape index (κ1) is 11.1. The highest BCUT2D eigenvalue weighted by Gasteiger charge is 2.21. The molecule has 1 aromatic rings. The second kappa shape index (κ2) is 5.05. The second-order valence-corrected chi connectivity index (χ2v) is 2.71. The third-order valence-corrected chi connectivity index (χ3v) is 1.65. The van der Waals surface area contributed by atoms with Crippen LogP contribution in [-0.4, -0.2) is 49.9 Å². The van der Waals surface area contributed by atoms with E-state index in [0.717, 1.165) is 6.33 Å². The number of carboxylic acid groups (broad SMARTS) is 1. The number of carbonyl (C=O) groups is 2. The van der Waals surface area contributed by atoms with Gasteiger partial charge in [-0.2, -0.15) is 5.10 Å². The minimum atomic E-state index is -1.21. The van der Waals surface area contributed by atoms with Gasteiger partial charge in [-0.05, 0) is 0 Å². The van der Waals surface area contributed by atoms with Crippen molar-refractivity contribution in [3.63, 3.8) is 0 Å². The molecule has 1 heterocycles. The number of nitrogens with zero attached hydrogens (tertiary/aromatic N) is 2. The molecule has 1 amide bonds. The molecule has 82 valence electrons. The summed E-state index contributed by atoms with van der Waals surface area (Å²) >= 11 is 0. The van der Waals surface area contributed by atoms with E-state index >= 15 is 0 Å². The van der Waals surface area contributed by atoms with Gasteiger partial charge in [-0.25, -0.2) is 9.78 Å². The third-order valence-electron chi connectivity index (χ3n) is 1.65. The highest BCUT2D eigenvalue weighted by molar-refractivity contribution is 5.93. The first-order valence-corrected chi connectivity index (χ1v) is 4.15. The standard InChI is InChI=1S/C7H10N4O4/c12-2-1-4(7(14)15)10-6(13)5-8-3-9-11-5/h3-4,12H,1-2H2,(H,10,13)(H,14,15)(H,8,9,11)/t4-/m1/s1. The molecule has 0 aliphatic rings. The van der Waals surface area contributed by atoms with Crippen LogP contribution in [0.5, 0.6) is 0 Å². The Hall–Kier alpha value is -1.96. The molecule has 0 fully saturated rings. The lowest BCUT2D eigenvalue weighted by atomic mass is 10.2. The highest BCUT2D eigenvalue weighted by atomic mass is 16.4. The number of aliphatic carboxylic acids is 1. The maximum Gasteiger partial charge on any atom is 0.326 e. The van der Waals surface area contributed by atoms with Crippen molar-refractivity contribution in [2.24, 2.45) is 0 Å². The highest BCUT2D eigenvalue weighted by Crippen LogP contribution is 1.94. The van der Waals surface area contributed by atoms with Crippen molar-refractivity contribution in [2.75, 3.05) is 6.61 Å². The SMILES string of the molecule is O=C(N[C@H](CCO)C(=O)O)c1ncn[nH]1. The van der Waals surface area contributed by atoms with E-state index < -0.39 is 17.9 Å². The minimum absolute atomic E-state index is 0.0603. The van der Waals surface area contributed by atoms with E-state index in [4.69, 9.17) is 10.2 Å². The van der Waals surface area contributed by atoms with Crippen molar-refractivity contribution in [1.29, 1.82) is 0 Å². The molecule has 0 saturated heterocycles. The van der Waals surface area contributed by atoms with E-state index in [9.17, 15) is 9.59 Å². The lowest BCUT2D eigenvalue weighted by molar-refractivity contribution is -0.139. The van der Waals surface area contributed by atoms with Crippen molar-refractivity contribution in [3.8, 4) is 0 Å². The Balaban J connectivity index is 2.59. The Labute approximate surface area is 84.3 Å². The first-order chi connectivity index (χ1) is 7.15. The molecular weight excluding hydrogens is 204 g/mol. The number of rotatable bonds is 5.